The van der Waals surface area contributed by atoms with Crippen LogP contribution in [-0.4, -0.2) is 37.1 Å². The van der Waals surface area contributed by atoms with Crippen LogP contribution in [0.5, 0.6) is 0 Å². The van der Waals surface area contributed by atoms with Gasteiger partial charge in [-0.25, -0.2) is 0 Å². The van der Waals surface area contributed by atoms with Crippen LogP contribution in [0.3, 0.4) is 0 Å². The van der Waals surface area contributed by atoms with Crippen LogP contribution in [0.1, 0.15) is 34.1 Å². The Morgan fingerprint density at radius 3 is 2.24 bits per heavy atom. The van der Waals surface area contributed by atoms with Gasteiger partial charge in [-0.3, -0.25) is 10.1 Å². The zero-order valence-corrected chi connectivity index (χ0v) is 12.7. The first kappa shape index (κ1) is 16.5. The Bertz CT molecular complexity index is 263. The summed E-state index contributed by atoms with van der Waals surface area (Å²) in [6.07, 6.45) is -0.621. The molecule has 0 amide bonds. The van der Waals surface area contributed by atoms with Crippen molar-refractivity contribution in [3.8, 4) is 0 Å². The quantitative estimate of drug-likeness (QED) is 0.454. The highest BCUT2D eigenvalue weighted by atomic mass is 28.4. The van der Waals surface area contributed by atoms with Crippen LogP contribution >= 0.6 is 0 Å². The van der Waals surface area contributed by atoms with Gasteiger partial charge in [-0.05, 0) is 18.1 Å². The van der Waals surface area contributed by atoms with Gasteiger partial charge in [0.05, 0.1) is 0 Å². The number of aliphatic hydroxyl groups excluding tert-OH is 1. The van der Waals surface area contributed by atoms with Crippen molar-refractivity contribution in [2.75, 3.05) is 6.61 Å². The van der Waals surface area contributed by atoms with Crippen molar-refractivity contribution in [2.24, 2.45) is 0 Å². The largest absolute Gasteiger partial charge is 0.417 e. The first-order valence-corrected chi connectivity index (χ1v) is 8.85. The first-order chi connectivity index (χ1) is 7.49. The lowest BCUT2D eigenvalue weighted by Gasteiger charge is -2.36. The minimum absolute atomic E-state index is 0.118. The van der Waals surface area contributed by atoms with Crippen molar-refractivity contribution in [2.45, 2.75) is 64.4 Å². The monoisotopic (exact) mass is 263 g/mol. The zero-order valence-electron chi connectivity index (χ0n) is 11.7. The second kappa shape index (κ2) is 5.93. The molecule has 0 aliphatic rings. The molecule has 0 saturated heterocycles. The lowest BCUT2D eigenvalue weighted by molar-refractivity contribution is -0.530. The summed E-state index contributed by atoms with van der Waals surface area (Å²) in [6.45, 7) is 12.4. The number of nitrogens with zero attached hydrogens (tertiary/aromatic N) is 1. The number of rotatable bonds is 6. The van der Waals surface area contributed by atoms with E-state index >= 15 is 0 Å². The van der Waals surface area contributed by atoms with E-state index in [2.05, 4.69) is 33.9 Å². The molecule has 0 saturated carbocycles. The number of nitro groups is 1. The molecule has 0 aliphatic heterocycles. The zero-order chi connectivity index (χ0) is 13.9. The Labute approximate surface area is 104 Å². The summed E-state index contributed by atoms with van der Waals surface area (Å²) in [5.41, 5.74) is 0. The molecule has 0 unspecified atom stereocenters. The van der Waals surface area contributed by atoms with Gasteiger partial charge in [0.2, 0.25) is 6.04 Å². The van der Waals surface area contributed by atoms with Gasteiger partial charge < -0.3 is 9.53 Å². The number of aliphatic hydroxyl groups is 1. The molecule has 102 valence electrons. The molecule has 0 aromatic heterocycles. The smallest absolute Gasteiger partial charge is 0.235 e. The second-order valence-corrected chi connectivity index (χ2v) is 10.8. The SMILES string of the molecule is C[C@H]([C@H](O)CCO[Si](C)(C)C(C)(C)C)[N+](=O)[O-]. The molecule has 6 heteroatoms. The average molecular weight is 263 g/mol. The Kier molecular flexibility index (Phi) is 5.77. The minimum atomic E-state index is -1.81. The van der Waals surface area contributed by atoms with Gasteiger partial charge in [-0.1, -0.05) is 20.8 Å². The summed E-state index contributed by atoms with van der Waals surface area (Å²) < 4.78 is 5.85. The van der Waals surface area contributed by atoms with Crippen molar-refractivity contribution in [3.63, 3.8) is 0 Å². The third-order valence-corrected chi connectivity index (χ3v) is 8.11. The molecule has 2 atom stereocenters. The van der Waals surface area contributed by atoms with Crippen molar-refractivity contribution >= 4 is 8.32 Å². The Morgan fingerprint density at radius 1 is 1.41 bits per heavy atom. The predicted octanol–water partition coefficient (Wildman–Crippen LogP) is 2.42. The molecule has 0 aromatic carbocycles. The third-order valence-electron chi connectivity index (χ3n) is 3.57. The van der Waals surface area contributed by atoms with Gasteiger partial charge >= 0.3 is 0 Å². The summed E-state index contributed by atoms with van der Waals surface area (Å²) >= 11 is 0. The molecule has 17 heavy (non-hydrogen) atoms. The van der Waals surface area contributed by atoms with Gasteiger partial charge in [-0.2, -0.15) is 0 Å². The van der Waals surface area contributed by atoms with E-state index in [1.165, 1.54) is 6.92 Å². The van der Waals surface area contributed by atoms with E-state index < -0.39 is 25.4 Å². The molecule has 0 aromatic rings. The van der Waals surface area contributed by atoms with Gasteiger partial charge in [0.1, 0.15) is 6.10 Å². The predicted molar refractivity (Wildman–Crippen MR) is 70.2 cm³/mol. The molecular weight excluding hydrogens is 238 g/mol. The summed E-state index contributed by atoms with van der Waals surface area (Å²) in [5.74, 6) is 0. The number of hydrogen-bond acceptors (Lipinski definition) is 4. The fourth-order valence-corrected chi connectivity index (χ4v) is 2.09. The molecule has 0 heterocycles. The average Bonchev–Trinajstić information content (AvgIpc) is 2.14. The fraction of sp³-hybridized carbons (Fsp3) is 1.00. The molecular formula is C11H25NO4Si. The maximum Gasteiger partial charge on any atom is 0.235 e. The van der Waals surface area contributed by atoms with E-state index in [9.17, 15) is 15.2 Å². The van der Waals surface area contributed by atoms with E-state index in [0.29, 0.717) is 13.0 Å². The van der Waals surface area contributed by atoms with Crippen LogP contribution in [0.25, 0.3) is 0 Å². The first-order valence-electron chi connectivity index (χ1n) is 5.94. The van der Waals surface area contributed by atoms with Crippen molar-refractivity contribution in [1.29, 1.82) is 0 Å². The van der Waals surface area contributed by atoms with Crippen LogP contribution in [-0.2, 0) is 4.43 Å². The molecule has 0 fully saturated rings. The van der Waals surface area contributed by atoms with Crippen molar-refractivity contribution in [1.82, 2.24) is 0 Å². The highest BCUT2D eigenvalue weighted by Crippen LogP contribution is 2.36. The van der Waals surface area contributed by atoms with Crippen LogP contribution < -0.4 is 0 Å². The normalized spacial score (nSPS) is 16.6. The summed E-state index contributed by atoms with van der Waals surface area (Å²) in [5, 5.41) is 20.2. The van der Waals surface area contributed by atoms with Crippen LogP contribution in [0, 0.1) is 10.1 Å². The van der Waals surface area contributed by atoms with E-state index in [1.807, 2.05) is 0 Å². The van der Waals surface area contributed by atoms with Crippen LogP contribution in [0.4, 0.5) is 0 Å². The Morgan fingerprint density at radius 2 is 1.88 bits per heavy atom. The summed E-state index contributed by atoms with van der Waals surface area (Å²) in [7, 11) is -1.81. The lowest BCUT2D eigenvalue weighted by Crippen LogP contribution is -2.42. The maximum atomic E-state index is 10.5. The van der Waals surface area contributed by atoms with E-state index in [0.717, 1.165) is 0 Å². The van der Waals surface area contributed by atoms with Gasteiger partial charge in [-0.15, -0.1) is 0 Å². The van der Waals surface area contributed by atoms with Gasteiger partial charge in [0.25, 0.3) is 0 Å². The molecule has 0 rings (SSSR count). The van der Waals surface area contributed by atoms with E-state index in [1.54, 1.807) is 0 Å². The summed E-state index contributed by atoms with van der Waals surface area (Å²) in [4.78, 5) is 10.0. The molecule has 1 N–H and O–H groups in total. The van der Waals surface area contributed by atoms with E-state index in [4.69, 9.17) is 4.43 Å². The van der Waals surface area contributed by atoms with Gasteiger partial charge in [0, 0.05) is 24.9 Å². The Balaban J connectivity index is 4.12. The van der Waals surface area contributed by atoms with Gasteiger partial charge in [0.15, 0.2) is 8.32 Å². The topological polar surface area (TPSA) is 72.6 Å². The standard InChI is InChI=1S/C11H25NO4Si/c1-9(12(14)15)10(13)7-8-16-17(5,6)11(2,3)4/h9-10,13H,7-8H2,1-6H3/t9-,10-/m1/s1. The Hall–Kier alpha value is -0.463. The lowest BCUT2D eigenvalue weighted by atomic mass is 10.1. The minimum Gasteiger partial charge on any atom is -0.417 e. The molecule has 5 nitrogen and oxygen atoms in total. The second-order valence-electron chi connectivity index (χ2n) is 5.99. The third kappa shape index (κ3) is 5.14. The highest BCUT2D eigenvalue weighted by Gasteiger charge is 2.37. The van der Waals surface area contributed by atoms with Crippen molar-refractivity contribution in [3.05, 3.63) is 10.1 Å². The van der Waals surface area contributed by atoms with Crippen LogP contribution in [0.15, 0.2) is 0 Å². The van der Waals surface area contributed by atoms with Crippen molar-refractivity contribution < 1.29 is 14.5 Å². The van der Waals surface area contributed by atoms with E-state index in [-0.39, 0.29) is 5.04 Å². The molecule has 0 bridgehead atoms. The van der Waals surface area contributed by atoms with Crippen LogP contribution in [0.2, 0.25) is 18.1 Å². The molecule has 0 radical (unpaired) electrons. The fourth-order valence-electron chi connectivity index (χ4n) is 1.03. The molecule has 0 spiro atoms. The highest BCUT2D eigenvalue weighted by molar-refractivity contribution is 6.74. The molecule has 0 aliphatic carbocycles. The number of hydrogen-bond donors (Lipinski definition) is 1. The maximum absolute atomic E-state index is 10.5. The summed E-state index contributed by atoms with van der Waals surface area (Å²) in [6, 6.07) is -0.932.